The Kier molecular flexibility index (Phi) is 13.1. The smallest absolute Gasteiger partial charge is 0.339 e. The number of esters is 1. The minimum absolute atomic E-state index is 0.0132. The molecule has 3 aromatic rings. The molecule has 2 aromatic carbocycles. The molecule has 1 saturated carbocycles. The minimum atomic E-state index is -1.25. The summed E-state index contributed by atoms with van der Waals surface area (Å²) >= 11 is 0. The average Bonchev–Trinajstić information content (AvgIpc) is 3.69. The molecule has 1 amide bonds. The van der Waals surface area contributed by atoms with E-state index in [1.807, 2.05) is 73.5 Å². The number of nitrogens with two attached hydrogens (primary N) is 1. The van der Waals surface area contributed by atoms with Gasteiger partial charge >= 0.3 is 11.6 Å². The molecule has 10 rings (SSSR count). The van der Waals surface area contributed by atoms with Crippen LogP contribution in [0.4, 0.5) is 0 Å². The molecule has 11 atom stereocenters. The minimum Gasteiger partial charge on any atom is -0.481 e. The fraction of sp³-hybridized carbons (Fsp3) is 0.481. The third kappa shape index (κ3) is 8.49. The predicted molar refractivity (Wildman–Crippen MR) is 268 cm³/mol. The standard InChI is InChI=1S/C54H62N4O9S2/c1-5-29(2)51(63)67-53(3)16-15-32-28-68-69-44-22-39-41(61)14-13-40-47(49(39)56-4)50(44)58(40)46(62)21-36-26-57-45(55)23-38(36)48(32)54(53)25-35-20-33-19-34(52(64)65-42(33)24-43(35)66-54)17-31(27-59)11-12-37(60)18-30-9-7-6-8-10-30/h5-10,13-15,19-20,23-24,31,37,39-40,44,47-50,56-57,59-60H,11-12,16-18,21-22,25-28,55H2,1-4H3/b29-5+/t31-,37+,39-,40+,44+,47+,48-,49+,50-,53-,54-/m1/s1. The van der Waals surface area contributed by atoms with Gasteiger partial charge in [-0.1, -0.05) is 75.7 Å². The molecule has 13 nitrogen and oxygen atoms in total. The first-order chi connectivity index (χ1) is 33.2. The second-order valence-corrected chi connectivity index (χ2v) is 22.9. The van der Waals surface area contributed by atoms with Gasteiger partial charge in [0.1, 0.15) is 11.3 Å². The van der Waals surface area contributed by atoms with Gasteiger partial charge in [-0.05, 0) is 112 Å². The largest absolute Gasteiger partial charge is 0.481 e. The molecule has 4 aliphatic heterocycles. The number of amides is 1. The lowest BCUT2D eigenvalue weighted by Crippen LogP contribution is -2.75. The number of nitrogens with one attached hydrogen (secondary N) is 2. The van der Waals surface area contributed by atoms with Crippen LogP contribution in [0.2, 0.25) is 0 Å². The number of fused-ring (bicyclic) bond motifs is 7. The summed E-state index contributed by atoms with van der Waals surface area (Å²) in [6.45, 7) is 5.64. The van der Waals surface area contributed by atoms with Crippen molar-refractivity contribution < 1.29 is 38.5 Å². The Morgan fingerprint density at radius 3 is 2.72 bits per heavy atom. The van der Waals surface area contributed by atoms with Crippen molar-refractivity contribution >= 4 is 50.2 Å². The highest BCUT2D eigenvalue weighted by Gasteiger charge is 2.65. The first kappa shape index (κ1) is 47.6. The van der Waals surface area contributed by atoms with E-state index in [9.17, 15) is 29.4 Å². The fourth-order valence-corrected chi connectivity index (χ4v) is 15.5. The summed E-state index contributed by atoms with van der Waals surface area (Å²) in [6, 6.07) is 15.1. The van der Waals surface area contributed by atoms with Gasteiger partial charge in [0.05, 0.1) is 36.3 Å². The predicted octanol–water partition coefficient (Wildman–Crippen LogP) is 6.01. The van der Waals surface area contributed by atoms with Crippen LogP contribution in [0.3, 0.4) is 0 Å². The number of aliphatic hydroxyl groups is 2. The molecule has 3 aliphatic carbocycles. The molecular formula is C54H62N4O9S2. The molecule has 15 heteroatoms. The summed E-state index contributed by atoms with van der Waals surface area (Å²) in [5.41, 5.74) is 9.53. The highest BCUT2D eigenvalue weighted by atomic mass is 33.1. The highest BCUT2D eigenvalue weighted by molar-refractivity contribution is 8.77. The number of nitrogens with zero attached hydrogens (tertiary/aromatic N) is 1. The number of hydrogen-bond acceptors (Lipinski definition) is 14. The molecule has 0 unspecified atom stereocenters. The number of ether oxygens (including phenoxy) is 2. The van der Waals surface area contributed by atoms with E-state index in [1.165, 1.54) is 0 Å². The molecule has 2 fully saturated rings. The molecule has 1 saturated heterocycles. The van der Waals surface area contributed by atoms with E-state index < -0.39 is 34.8 Å². The van der Waals surface area contributed by atoms with Crippen LogP contribution in [0.1, 0.15) is 69.6 Å². The zero-order valence-corrected chi connectivity index (χ0v) is 41.2. The van der Waals surface area contributed by atoms with Gasteiger partial charge < -0.3 is 45.4 Å². The van der Waals surface area contributed by atoms with Crippen molar-refractivity contribution in [2.45, 2.75) is 113 Å². The van der Waals surface area contributed by atoms with E-state index >= 15 is 0 Å². The maximum Gasteiger partial charge on any atom is 0.339 e. The number of carbonyl (C=O) groups is 3. The molecule has 364 valence electrons. The maximum absolute atomic E-state index is 15.0. The molecule has 2 bridgehead atoms. The van der Waals surface area contributed by atoms with Gasteiger partial charge in [0.15, 0.2) is 17.0 Å². The first-order valence-electron chi connectivity index (χ1n) is 24.3. The molecule has 1 spiro atoms. The van der Waals surface area contributed by atoms with Crippen LogP contribution in [0.25, 0.3) is 11.0 Å². The Bertz CT molecular complexity index is 2790. The average molecular weight is 975 g/mol. The van der Waals surface area contributed by atoms with Gasteiger partial charge in [0, 0.05) is 77.5 Å². The van der Waals surface area contributed by atoms with Crippen LogP contribution in [0.15, 0.2) is 116 Å². The quantitative estimate of drug-likeness (QED) is 0.0493. The Morgan fingerprint density at radius 2 is 1.96 bits per heavy atom. The summed E-state index contributed by atoms with van der Waals surface area (Å²) in [5, 5.41) is 28.8. The summed E-state index contributed by atoms with van der Waals surface area (Å²) in [6.07, 6.45) is 12.1. The maximum atomic E-state index is 15.0. The number of allylic oxidation sites excluding steroid dienone is 3. The van der Waals surface area contributed by atoms with Gasteiger partial charge in [-0.2, -0.15) is 0 Å². The number of benzene rings is 2. The third-order valence-corrected chi connectivity index (χ3v) is 19.0. The Hall–Kier alpha value is -5.06. The summed E-state index contributed by atoms with van der Waals surface area (Å²) in [5.74, 6) is 0.325. The van der Waals surface area contributed by atoms with Gasteiger partial charge in [-0.15, -0.1) is 0 Å². The number of dihydropyridines is 1. The Morgan fingerprint density at radius 1 is 1.14 bits per heavy atom. The van der Waals surface area contributed by atoms with Crippen molar-refractivity contribution in [3.05, 3.63) is 134 Å². The molecule has 0 radical (unpaired) electrons. The fourth-order valence-electron chi connectivity index (χ4n) is 12.4. The van der Waals surface area contributed by atoms with E-state index in [4.69, 9.17) is 19.6 Å². The zero-order chi connectivity index (χ0) is 48.4. The summed E-state index contributed by atoms with van der Waals surface area (Å²) in [7, 11) is 5.40. The second kappa shape index (κ2) is 18.9. The molecule has 6 N–H and O–H groups in total. The van der Waals surface area contributed by atoms with Crippen molar-refractivity contribution in [2.75, 3.05) is 26.0 Å². The number of aliphatic hydroxyl groups excluding tert-OH is 2. The van der Waals surface area contributed by atoms with Crippen molar-refractivity contribution in [1.82, 2.24) is 15.5 Å². The van der Waals surface area contributed by atoms with Crippen molar-refractivity contribution in [1.29, 1.82) is 0 Å². The molecular weight excluding hydrogens is 913 g/mol. The van der Waals surface area contributed by atoms with Crippen molar-refractivity contribution in [3.8, 4) is 5.75 Å². The van der Waals surface area contributed by atoms with E-state index in [1.54, 1.807) is 53.7 Å². The van der Waals surface area contributed by atoms with E-state index in [-0.39, 0.29) is 72.3 Å². The van der Waals surface area contributed by atoms with E-state index in [0.29, 0.717) is 84.5 Å². The lowest BCUT2D eigenvalue weighted by molar-refractivity contribution is -0.186. The van der Waals surface area contributed by atoms with Crippen LogP contribution in [0.5, 0.6) is 5.75 Å². The SMILES string of the molecule is C/C=C(\C)C(=O)O[C@]1(C)CC=C2CSS[C@H]3C[C@@H]4C(=O)C=C[C@H]5[C@@H]([C@H]4NC)[C@@H]3N5C(=O)CC3=C(C=C(N)NC3)[C@@H]2[C@]12Cc1cc3cc(C[C@H](CO)CC[C@H](O)Cc4ccccc4)c(=O)oc3cc1O2. The van der Waals surface area contributed by atoms with Crippen LogP contribution in [-0.4, -0.2) is 99.4 Å². The Balaban J connectivity index is 1.02. The summed E-state index contributed by atoms with van der Waals surface area (Å²) in [4.78, 5) is 58.2. The van der Waals surface area contributed by atoms with Crippen LogP contribution in [-0.2, 0) is 38.4 Å². The van der Waals surface area contributed by atoms with Crippen LogP contribution >= 0.6 is 21.6 Å². The molecule has 1 aromatic heterocycles. The number of ketones is 1. The highest BCUT2D eigenvalue weighted by Crippen LogP contribution is 2.59. The van der Waals surface area contributed by atoms with Gasteiger partial charge in [0.2, 0.25) is 5.91 Å². The summed E-state index contributed by atoms with van der Waals surface area (Å²) < 4.78 is 20.1. The Labute approximate surface area is 410 Å². The molecule has 69 heavy (non-hydrogen) atoms. The van der Waals surface area contributed by atoms with Gasteiger partial charge in [-0.25, -0.2) is 9.59 Å². The topological polar surface area (TPSA) is 194 Å². The van der Waals surface area contributed by atoms with Crippen LogP contribution in [0, 0.1) is 23.7 Å². The number of rotatable bonds is 11. The lowest BCUT2D eigenvalue weighted by atomic mass is 9.61. The first-order valence-corrected chi connectivity index (χ1v) is 26.7. The lowest BCUT2D eigenvalue weighted by Gasteiger charge is -2.62. The van der Waals surface area contributed by atoms with Crippen molar-refractivity contribution in [2.24, 2.45) is 29.4 Å². The molecule has 5 heterocycles. The zero-order valence-electron chi connectivity index (χ0n) is 39.6. The normalized spacial score (nSPS) is 31.4. The second-order valence-electron chi connectivity index (χ2n) is 20.3. The van der Waals surface area contributed by atoms with E-state index in [2.05, 4.69) is 16.7 Å². The monoisotopic (exact) mass is 974 g/mol. The van der Waals surface area contributed by atoms with E-state index in [0.717, 1.165) is 27.8 Å². The number of carbonyl (C=O) groups excluding carboxylic acids is 3. The third-order valence-electron chi connectivity index (χ3n) is 16.2. The number of hydrogen-bond donors (Lipinski definition) is 5. The van der Waals surface area contributed by atoms with Gasteiger partial charge in [0.25, 0.3) is 0 Å². The van der Waals surface area contributed by atoms with Gasteiger partial charge in [-0.3, -0.25) is 9.59 Å². The van der Waals surface area contributed by atoms with Crippen molar-refractivity contribution in [3.63, 3.8) is 0 Å². The molecule has 7 aliphatic rings. The van der Waals surface area contributed by atoms with Crippen LogP contribution < -0.4 is 26.7 Å².